The highest BCUT2D eigenvalue weighted by molar-refractivity contribution is 5.79. The van der Waals surface area contributed by atoms with Crippen molar-refractivity contribution in [3.8, 4) is 6.07 Å². The molecule has 6 nitrogen and oxygen atoms in total. The van der Waals surface area contributed by atoms with Crippen LogP contribution in [0.2, 0.25) is 0 Å². The Morgan fingerprint density at radius 1 is 1.36 bits per heavy atom. The number of hydrogen-bond acceptors (Lipinski definition) is 4. The van der Waals surface area contributed by atoms with Gasteiger partial charge in [0.2, 0.25) is 5.91 Å². The SMILES string of the molecule is N#CC1(NC(=O)Cn2cnc3ccccc3c2=O)CCCC1. The van der Waals surface area contributed by atoms with Crippen LogP contribution in [0.1, 0.15) is 25.7 Å². The first-order chi connectivity index (χ1) is 10.6. The molecule has 3 rings (SSSR count). The van der Waals surface area contributed by atoms with E-state index in [1.54, 1.807) is 18.2 Å². The highest BCUT2D eigenvalue weighted by Crippen LogP contribution is 2.28. The van der Waals surface area contributed by atoms with Gasteiger partial charge in [0.15, 0.2) is 0 Å². The molecular formula is C16H16N4O2. The molecule has 22 heavy (non-hydrogen) atoms. The summed E-state index contributed by atoms with van der Waals surface area (Å²) in [7, 11) is 0. The molecule has 0 bridgehead atoms. The number of hydrogen-bond donors (Lipinski definition) is 1. The van der Waals surface area contributed by atoms with Gasteiger partial charge in [-0.25, -0.2) is 4.98 Å². The molecule has 0 unspecified atom stereocenters. The lowest BCUT2D eigenvalue weighted by atomic mass is 10.00. The quantitative estimate of drug-likeness (QED) is 0.926. The number of rotatable bonds is 3. The first-order valence-corrected chi connectivity index (χ1v) is 7.30. The van der Waals surface area contributed by atoms with Gasteiger partial charge < -0.3 is 5.32 Å². The molecule has 1 heterocycles. The maximum atomic E-state index is 12.3. The average molecular weight is 296 g/mol. The number of aromatic nitrogens is 2. The summed E-state index contributed by atoms with van der Waals surface area (Å²) >= 11 is 0. The maximum Gasteiger partial charge on any atom is 0.261 e. The third kappa shape index (κ3) is 2.58. The molecule has 1 amide bonds. The number of carbonyl (C=O) groups is 1. The van der Waals surface area contributed by atoms with Crippen LogP contribution in [-0.4, -0.2) is 21.0 Å². The first-order valence-electron chi connectivity index (χ1n) is 7.30. The van der Waals surface area contributed by atoms with Gasteiger partial charge in [-0.15, -0.1) is 0 Å². The Bertz CT molecular complexity index is 813. The summed E-state index contributed by atoms with van der Waals surface area (Å²) in [6.45, 7) is -0.125. The smallest absolute Gasteiger partial charge is 0.261 e. The fraction of sp³-hybridized carbons (Fsp3) is 0.375. The predicted octanol–water partition coefficient (Wildman–Crippen LogP) is 1.35. The molecule has 1 fully saturated rings. The van der Waals surface area contributed by atoms with Gasteiger partial charge in [0, 0.05) is 0 Å². The van der Waals surface area contributed by atoms with Crippen molar-refractivity contribution < 1.29 is 4.79 Å². The van der Waals surface area contributed by atoms with Crippen LogP contribution in [-0.2, 0) is 11.3 Å². The van der Waals surface area contributed by atoms with Crippen molar-refractivity contribution in [1.82, 2.24) is 14.9 Å². The van der Waals surface area contributed by atoms with Crippen molar-refractivity contribution in [3.63, 3.8) is 0 Å². The van der Waals surface area contributed by atoms with Gasteiger partial charge in [-0.1, -0.05) is 12.1 Å². The lowest BCUT2D eigenvalue weighted by Gasteiger charge is -2.22. The van der Waals surface area contributed by atoms with E-state index in [1.165, 1.54) is 10.9 Å². The van der Waals surface area contributed by atoms with E-state index in [1.807, 2.05) is 6.07 Å². The van der Waals surface area contributed by atoms with Gasteiger partial charge in [0.25, 0.3) is 5.56 Å². The van der Waals surface area contributed by atoms with Gasteiger partial charge in [0.05, 0.1) is 23.3 Å². The van der Waals surface area contributed by atoms with E-state index >= 15 is 0 Å². The van der Waals surface area contributed by atoms with Crippen molar-refractivity contribution in [2.24, 2.45) is 0 Å². The van der Waals surface area contributed by atoms with E-state index in [9.17, 15) is 14.9 Å². The Balaban J connectivity index is 1.81. The number of carbonyl (C=O) groups excluding carboxylic acids is 1. The van der Waals surface area contributed by atoms with Crippen LogP contribution in [0.4, 0.5) is 0 Å². The summed E-state index contributed by atoms with van der Waals surface area (Å²) in [5.74, 6) is -0.331. The first kappa shape index (κ1) is 14.3. The molecule has 0 radical (unpaired) electrons. The summed E-state index contributed by atoms with van der Waals surface area (Å²) in [4.78, 5) is 28.7. The fourth-order valence-corrected chi connectivity index (χ4v) is 2.92. The number of benzene rings is 1. The van der Waals surface area contributed by atoms with Crippen LogP contribution >= 0.6 is 0 Å². The van der Waals surface area contributed by atoms with Gasteiger partial charge in [-0.2, -0.15) is 5.26 Å². The number of para-hydroxylation sites is 1. The lowest BCUT2D eigenvalue weighted by molar-refractivity contribution is -0.123. The summed E-state index contributed by atoms with van der Waals surface area (Å²) in [5, 5.41) is 12.5. The molecule has 1 aliphatic rings. The molecule has 112 valence electrons. The fourth-order valence-electron chi connectivity index (χ4n) is 2.92. The second-order valence-electron chi connectivity index (χ2n) is 5.64. The topological polar surface area (TPSA) is 87.8 Å². The molecular weight excluding hydrogens is 280 g/mol. The van der Waals surface area contributed by atoms with E-state index in [-0.39, 0.29) is 18.0 Å². The Hall–Kier alpha value is -2.68. The van der Waals surface area contributed by atoms with E-state index in [4.69, 9.17) is 0 Å². The molecule has 0 aliphatic heterocycles. The largest absolute Gasteiger partial charge is 0.336 e. The van der Waals surface area contributed by atoms with Crippen LogP contribution in [0, 0.1) is 11.3 Å². The van der Waals surface area contributed by atoms with Crippen LogP contribution in [0.25, 0.3) is 10.9 Å². The molecule has 1 aliphatic carbocycles. The number of nitrogens with zero attached hydrogens (tertiary/aromatic N) is 3. The van der Waals surface area contributed by atoms with Crippen LogP contribution < -0.4 is 10.9 Å². The standard InChI is InChI=1S/C16H16N4O2/c17-10-16(7-3-4-8-16)19-14(21)9-20-11-18-13-6-2-1-5-12(13)15(20)22/h1-2,5-6,11H,3-4,7-9H2,(H,19,21). The van der Waals surface area contributed by atoms with Crippen molar-refractivity contribution >= 4 is 16.8 Å². The van der Waals surface area contributed by atoms with E-state index in [2.05, 4.69) is 16.4 Å². The van der Waals surface area contributed by atoms with Crippen molar-refractivity contribution in [1.29, 1.82) is 5.26 Å². The van der Waals surface area contributed by atoms with Crippen LogP contribution in [0.5, 0.6) is 0 Å². The van der Waals surface area contributed by atoms with Gasteiger partial charge in [-0.05, 0) is 37.8 Å². The van der Waals surface area contributed by atoms with Crippen molar-refractivity contribution in [2.45, 2.75) is 37.8 Å². The van der Waals surface area contributed by atoms with Crippen LogP contribution in [0.15, 0.2) is 35.4 Å². The number of amides is 1. The number of fused-ring (bicyclic) bond motifs is 1. The third-order valence-electron chi connectivity index (χ3n) is 4.10. The monoisotopic (exact) mass is 296 g/mol. The minimum atomic E-state index is -0.773. The molecule has 0 saturated heterocycles. The Kier molecular flexibility index (Phi) is 3.63. The summed E-state index contributed by atoms with van der Waals surface area (Å²) < 4.78 is 1.28. The van der Waals surface area contributed by atoms with Crippen LogP contribution in [0.3, 0.4) is 0 Å². The Morgan fingerprint density at radius 3 is 2.82 bits per heavy atom. The predicted molar refractivity (Wildman–Crippen MR) is 81.0 cm³/mol. The summed E-state index contributed by atoms with van der Waals surface area (Å²) in [6, 6.07) is 9.22. The minimum Gasteiger partial charge on any atom is -0.336 e. The van der Waals surface area contributed by atoms with Gasteiger partial charge >= 0.3 is 0 Å². The molecule has 1 N–H and O–H groups in total. The molecule has 0 spiro atoms. The lowest BCUT2D eigenvalue weighted by Crippen LogP contribution is -2.47. The molecule has 1 aromatic heterocycles. The van der Waals surface area contributed by atoms with Gasteiger partial charge in [-0.3, -0.25) is 14.2 Å². The Morgan fingerprint density at radius 2 is 2.09 bits per heavy atom. The molecule has 1 saturated carbocycles. The number of nitriles is 1. The number of nitrogens with one attached hydrogen (secondary N) is 1. The molecule has 1 aromatic carbocycles. The molecule has 2 aromatic rings. The second kappa shape index (κ2) is 5.60. The van der Waals surface area contributed by atoms with Gasteiger partial charge in [0.1, 0.15) is 12.1 Å². The van der Waals surface area contributed by atoms with Crippen molar-refractivity contribution in [2.75, 3.05) is 0 Å². The molecule has 0 atom stereocenters. The minimum absolute atomic E-state index is 0.125. The average Bonchev–Trinajstić information content (AvgIpc) is 2.99. The molecule has 6 heteroatoms. The van der Waals surface area contributed by atoms with E-state index in [0.29, 0.717) is 23.7 Å². The summed E-state index contributed by atoms with van der Waals surface area (Å²) in [5.41, 5.74) is -0.419. The van der Waals surface area contributed by atoms with E-state index < -0.39 is 5.54 Å². The zero-order chi connectivity index (χ0) is 15.6. The van der Waals surface area contributed by atoms with Crippen molar-refractivity contribution in [3.05, 3.63) is 40.9 Å². The highest BCUT2D eigenvalue weighted by atomic mass is 16.2. The normalized spacial score (nSPS) is 16.3. The zero-order valence-corrected chi connectivity index (χ0v) is 12.1. The highest BCUT2D eigenvalue weighted by Gasteiger charge is 2.35. The van der Waals surface area contributed by atoms with E-state index in [0.717, 1.165) is 12.8 Å². The Labute approximate surface area is 127 Å². The zero-order valence-electron chi connectivity index (χ0n) is 12.1. The summed E-state index contributed by atoms with van der Waals surface area (Å²) in [6.07, 6.45) is 4.58. The maximum absolute atomic E-state index is 12.3. The second-order valence-corrected chi connectivity index (χ2v) is 5.64. The third-order valence-corrected chi connectivity index (χ3v) is 4.10.